The number of hydrogen-bond acceptors (Lipinski definition) is 8. The number of hydrogen-bond donors (Lipinski definition) is 0. The molecule has 10 nitrogen and oxygen atoms in total. The van der Waals surface area contributed by atoms with Gasteiger partial charge in [0.2, 0.25) is 5.88 Å². The van der Waals surface area contributed by atoms with Crippen LogP contribution in [0.3, 0.4) is 0 Å². The van der Waals surface area contributed by atoms with Gasteiger partial charge in [0.1, 0.15) is 17.0 Å². The molecule has 2 aromatic heterocycles. The lowest BCUT2D eigenvalue weighted by atomic mass is 9.88. The van der Waals surface area contributed by atoms with Crippen LogP contribution in [0.4, 0.5) is 5.69 Å². The van der Waals surface area contributed by atoms with E-state index in [1.807, 2.05) is 19.1 Å². The van der Waals surface area contributed by atoms with Gasteiger partial charge in [-0.15, -0.1) is 0 Å². The van der Waals surface area contributed by atoms with Gasteiger partial charge < -0.3 is 9.47 Å². The SMILES string of the molecule is CCOc1cc(C=Nn2c(C3CCCCC3)nc3ccc(Br)cc3c2=O)c(Br)c(Cl)c1Oc1ccc([N+](=O)[O-])cn1. The molecule has 0 aliphatic heterocycles. The minimum atomic E-state index is -0.547. The van der Waals surface area contributed by atoms with Crippen LogP contribution >= 0.6 is 43.5 Å². The van der Waals surface area contributed by atoms with Gasteiger partial charge in [-0.1, -0.05) is 46.8 Å². The Labute approximate surface area is 256 Å². The molecule has 0 radical (unpaired) electrons. The first-order chi connectivity index (χ1) is 19.8. The zero-order valence-corrected chi connectivity index (χ0v) is 25.8. The number of ether oxygens (including phenoxy) is 2. The smallest absolute Gasteiger partial charge is 0.287 e. The summed E-state index contributed by atoms with van der Waals surface area (Å²) in [4.78, 5) is 32.9. The highest BCUT2D eigenvalue weighted by Crippen LogP contribution is 2.44. The molecule has 0 saturated heterocycles. The van der Waals surface area contributed by atoms with Crippen molar-refractivity contribution in [3.8, 4) is 17.4 Å². The van der Waals surface area contributed by atoms with E-state index in [4.69, 9.17) is 26.1 Å². The molecular formula is C28H24Br2ClN5O5. The van der Waals surface area contributed by atoms with E-state index in [9.17, 15) is 14.9 Å². The van der Waals surface area contributed by atoms with E-state index in [0.717, 1.165) is 36.4 Å². The zero-order valence-electron chi connectivity index (χ0n) is 21.8. The molecular weight excluding hydrogens is 682 g/mol. The Hall–Kier alpha value is -3.35. The molecule has 1 aliphatic rings. The lowest BCUT2D eigenvalue weighted by molar-refractivity contribution is -0.385. The zero-order chi connectivity index (χ0) is 29.1. The van der Waals surface area contributed by atoms with Gasteiger partial charge in [0.05, 0.1) is 28.6 Å². The summed E-state index contributed by atoms with van der Waals surface area (Å²) in [5, 5.41) is 16.2. The molecule has 0 spiro atoms. The van der Waals surface area contributed by atoms with Crippen LogP contribution in [0.15, 0.2) is 61.4 Å². The summed E-state index contributed by atoms with van der Waals surface area (Å²) in [6, 6.07) is 9.80. The maximum absolute atomic E-state index is 13.7. The lowest BCUT2D eigenvalue weighted by Gasteiger charge is -2.22. The minimum Gasteiger partial charge on any atom is -0.490 e. The molecule has 0 N–H and O–H groups in total. The summed E-state index contributed by atoms with van der Waals surface area (Å²) in [7, 11) is 0. The number of rotatable bonds is 8. The first-order valence-corrected chi connectivity index (χ1v) is 14.9. The number of halogens is 3. The van der Waals surface area contributed by atoms with Crippen molar-refractivity contribution in [2.45, 2.75) is 44.9 Å². The Bertz CT molecular complexity index is 1710. The number of aromatic nitrogens is 3. The van der Waals surface area contributed by atoms with Gasteiger partial charge in [-0.2, -0.15) is 9.78 Å². The largest absolute Gasteiger partial charge is 0.490 e. The second kappa shape index (κ2) is 12.7. The van der Waals surface area contributed by atoms with Crippen LogP contribution in [0.5, 0.6) is 17.4 Å². The van der Waals surface area contributed by atoms with E-state index >= 15 is 0 Å². The standard InChI is InChI=1S/C28H24Br2ClN5O5/c1-2-40-22-12-17(24(30)25(31)26(22)41-23-11-9-19(15-32-23)36(38)39)14-33-35-27(16-6-4-3-5-7-16)34-21-10-8-18(29)13-20(21)28(35)37/h8-16H,2-7H2,1H3. The third-order valence-electron chi connectivity index (χ3n) is 6.71. The predicted octanol–water partition coefficient (Wildman–Crippen LogP) is 8.00. The predicted molar refractivity (Wildman–Crippen MR) is 164 cm³/mol. The molecule has 13 heteroatoms. The van der Waals surface area contributed by atoms with Crippen molar-refractivity contribution < 1.29 is 14.4 Å². The number of fused-ring (bicyclic) bond motifs is 1. The molecule has 1 aliphatic carbocycles. The van der Waals surface area contributed by atoms with Gasteiger partial charge >= 0.3 is 0 Å². The van der Waals surface area contributed by atoms with Crippen molar-refractivity contribution in [1.29, 1.82) is 0 Å². The Morgan fingerprint density at radius 3 is 2.66 bits per heavy atom. The third kappa shape index (κ3) is 6.29. The molecule has 0 atom stereocenters. The highest BCUT2D eigenvalue weighted by atomic mass is 79.9. The normalized spacial score (nSPS) is 14.0. The molecule has 2 heterocycles. The Balaban J connectivity index is 1.57. The van der Waals surface area contributed by atoms with Gasteiger partial charge in [-0.3, -0.25) is 14.9 Å². The third-order valence-corrected chi connectivity index (χ3v) is 8.65. The fourth-order valence-electron chi connectivity index (χ4n) is 4.72. The van der Waals surface area contributed by atoms with Crippen molar-refractivity contribution in [1.82, 2.24) is 14.6 Å². The molecule has 41 heavy (non-hydrogen) atoms. The molecule has 5 rings (SSSR count). The van der Waals surface area contributed by atoms with Gasteiger partial charge in [-0.25, -0.2) is 9.97 Å². The molecule has 0 unspecified atom stereocenters. The van der Waals surface area contributed by atoms with Crippen molar-refractivity contribution >= 4 is 66.3 Å². The second-order valence-corrected chi connectivity index (χ2v) is 11.5. The van der Waals surface area contributed by atoms with E-state index in [1.54, 1.807) is 12.1 Å². The van der Waals surface area contributed by atoms with Crippen molar-refractivity contribution in [2.75, 3.05) is 6.61 Å². The average molecular weight is 706 g/mol. The summed E-state index contributed by atoms with van der Waals surface area (Å²) in [5.41, 5.74) is 0.747. The summed E-state index contributed by atoms with van der Waals surface area (Å²) in [6.45, 7) is 2.12. The van der Waals surface area contributed by atoms with Crippen LogP contribution in [0.1, 0.15) is 56.3 Å². The van der Waals surface area contributed by atoms with Crippen LogP contribution in [0, 0.1) is 10.1 Å². The van der Waals surface area contributed by atoms with Crippen LogP contribution < -0.4 is 15.0 Å². The van der Waals surface area contributed by atoms with Crippen molar-refractivity contribution in [3.05, 3.63) is 88.4 Å². The molecule has 2 aromatic carbocycles. The Morgan fingerprint density at radius 1 is 1.20 bits per heavy atom. The van der Waals surface area contributed by atoms with Crippen LogP contribution in [0.25, 0.3) is 10.9 Å². The minimum absolute atomic E-state index is 0.101. The van der Waals surface area contributed by atoms with E-state index < -0.39 is 4.92 Å². The average Bonchev–Trinajstić information content (AvgIpc) is 2.98. The quantitative estimate of drug-likeness (QED) is 0.103. The van der Waals surface area contributed by atoms with E-state index in [-0.39, 0.29) is 33.8 Å². The summed E-state index contributed by atoms with van der Waals surface area (Å²) < 4.78 is 14.3. The molecule has 4 aromatic rings. The number of nitrogens with zero attached hydrogens (tertiary/aromatic N) is 5. The van der Waals surface area contributed by atoms with Gasteiger partial charge in [0, 0.05) is 32.6 Å². The first kappa shape index (κ1) is 29.2. The number of pyridine rings is 1. The highest BCUT2D eigenvalue weighted by Gasteiger charge is 2.23. The van der Waals surface area contributed by atoms with E-state index in [1.165, 1.54) is 29.4 Å². The van der Waals surface area contributed by atoms with Crippen LogP contribution in [0.2, 0.25) is 5.02 Å². The molecule has 212 valence electrons. The van der Waals surface area contributed by atoms with Crippen LogP contribution in [-0.2, 0) is 0 Å². The van der Waals surface area contributed by atoms with Gasteiger partial charge in [-0.05, 0) is 60.0 Å². The van der Waals surface area contributed by atoms with E-state index in [2.05, 4.69) is 41.9 Å². The molecule has 1 saturated carbocycles. The van der Waals surface area contributed by atoms with E-state index in [0.29, 0.717) is 39.1 Å². The monoisotopic (exact) mass is 703 g/mol. The van der Waals surface area contributed by atoms with Crippen molar-refractivity contribution in [2.24, 2.45) is 5.10 Å². The highest BCUT2D eigenvalue weighted by molar-refractivity contribution is 9.10. The molecule has 1 fully saturated rings. The summed E-state index contributed by atoms with van der Waals surface area (Å²) >= 11 is 13.7. The Morgan fingerprint density at radius 2 is 1.98 bits per heavy atom. The summed E-state index contributed by atoms with van der Waals surface area (Å²) in [6.07, 6.45) is 7.83. The number of nitro groups is 1. The fraction of sp³-hybridized carbons (Fsp3) is 0.286. The fourth-order valence-corrected chi connectivity index (χ4v) is 5.72. The number of benzene rings is 2. The molecule has 0 bridgehead atoms. The van der Waals surface area contributed by atoms with Gasteiger partial charge in [0.25, 0.3) is 11.2 Å². The molecule has 0 amide bonds. The van der Waals surface area contributed by atoms with Crippen LogP contribution in [-0.4, -0.2) is 32.4 Å². The first-order valence-electron chi connectivity index (χ1n) is 13.0. The second-order valence-electron chi connectivity index (χ2n) is 9.40. The maximum Gasteiger partial charge on any atom is 0.287 e. The maximum atomic E-state index is 13.7. The summed E-state index contributed by atoms with van der Waals surface area (Å²) in [5.74, 6) is 1.35. The Kier molecular flexibility index (Phi) is 9.00. The topological polar surface area (TPSA) is 122 Å². The van der Waals surface area contributed by atoms with Crippen molar-refractivity contribution in [3.63, 3.8) is 0 Å². The van der Waals surface area contributed by atoms with Gasteiger partial charge in [0.15, 0.2) is 11.5 Å². The lowest BCUT2D eigenvalue weighted by Crippen LogP contribution is -2.25.